The molecule has 0 saturated heterocycles. The summed E-state index contributed by atoms with van der Waals surface area (Å²) in [4.78, 5) is 22.7. The van der Waals surface area contributed by atoms with Crippen LogP contribution in [-0.4, -0.2) is 29.7 Å². The number of halogens is 7. The fourth-order valence-electron chi connectivity index (χ4n) is 1.47. The normalized spacial score (nSPS) is 13.4. The Labute approximate surface area is 136 Å². The van der Waals surface area contributed by atoms with Crippen LogP contribution >= 0.6 is 0 Å². The molecule has 0 aliphatic heterocycles. The van der Waals surface area contributed by atoms with Crippen molar-refractivity contribution in [3.8, 4) is 0 Å². The summed E-state index contributed by atoms with van der Waals surface area (Å²) in [7, 11) is 0. The van der Waals surface area contributed by atoms with Gasteiger partial charge < -0.3 is 5.43 Å². The molecule has 0 radical (unpaired) electrons. The quantitative estimate of drug-likeness (QED) is 0.458. The molecule has 11 heteroatoms. The van der Waals surface area contributed by atoms with Crippen molar-refractivity contribution in [2.45, 2.75) is 24.9 Å². The average molecular weight is 372 g/mol. The molecule has 138 valence electrons. The second-order valence-corrected chi connectivity index (χ2v) is 4.78. The molecule has 25 heavy (non-hydrogen) atoms. The minimum atomic E-state index is -6.61. The van der Waals surface area contributed by atoms with Crippen molar-refractivity contribution in [1.29, 1.82) is 0 Å². The highest BCUT2D eigenvalue weighted by atomic mass is 19.4. The second-order valence-electron chi connectivity index (χ2n) is 4.78. The van der Waals surface area contributed by atoms with E-state index in [0.29, 0.717) is 0 Å². The lowest BCUT2D eigenvalue weighted by molar-refractivity contribution is -0.342. The highest BCUT2D eigenvalue weighted by Gasteiger charge is 2.75. The summed E-state index contributed by atoms with van der Waals surface area (Å²) < 4.78 is 87.7. The van der Waals surface area contributed by atoms with Crippen LogP contribution in [0.1, 0.15) is 17.3 Å². The molecule has 1 aromatic rings. The minimum Gasteiger partial charge on any atom is -0.303 e. The summed E-state index contributed by atoms with van der Waals surface area (Å²) in [5.74, 6) is -16.1. The first-order valence-corrected chi connectivity index (χ1v) is 6.47. The summed E-state index contributed by atoms with van der Waals surface area (Å²) in [6.07, 6.45) is -6.77. The van der Waals surface area contributed by atoms with E-state index in [2.05, 4.69) is 0 Å². The molecule has 4 nitrogen and oxygen atoms in total. The number of carbonyl (C=O) groups excluding carboxylic acids is 2. The van der Waals surface area contributed by atoms with E-state index in [4.69, 9.17) is 0 Å². The number of allylic oxidation sites excluding steroid dienone is 2. The van der Waals surface area contributed by atoms with Crippen LogP contribution in [0, 0.1) is 0 Å². The Kier molecular flexibility index (Phi) is 5.82. The molecule has 1 amide bonds. The third kappa shape index (κ3) is 4.48. The molecule has 1 aromatic carbocycles. The first-order chi connectivity index (χ1) is 11.3. The van der Waals surface area contributed by atoms with E-state index in [0.717, 1.165) is 6.92 Å². The van der Waals surface area contributed by atoms with Crippen molar-refractivity contribution < 1.29 is 40.3 Å². The summed E-state index contributed by atoms with van der Waals surface area (Å²) in [5.41, 5.74) is 3.48. The van der Waals surface area contributed by atoms with Crippen molar-refractivity contribution in [2.24, 2.45) is 0 Å². The topological polar surface area (TPSA) is 58.2 Å². The highest BCUT2D eigenvalue weighted by molar-refractivity contribution is 5.97. The molecule has 0 bridgehead atoms. The Morgan fingerprint density at radius 3 is 1.92 bits per heavy atom. The lowest BCUT2D eigenvalue weighted by Crippen LogP contribution is -2.55. The van der Waals surface area contributed by atoms with Crippen LogP contribution in [0.3, 0.4) is 0 Å². The second kappa shape index (κ2) is 7.11. The molecule has 0 spiro atoms. The number of nitrogens with one attached hydrogen (secondary N) is 2. The van der Waals surface area contributed by atoms with Crippen molar-refractivity contribution in [3.63, 3.8) is 0 Å². The maximum Gasteiger partial charge on any atom is 0.460 e. The third-order valence-electron chi connectivity index (χ3n) is 2.82. The van der Waals surface area contributed by atoms with Gasteiger partial charge in [0.2, 0.25) is 5.78 Å². The van der Waals surface area contributed by atoms with Gasteiger partial charge in [0.25, 0.3) is 5.91 Å². The molecule has 1 rings (SSSR count). The van der Waals surface area contributed by atoms with Crippen molar-refractivity contribution in [3.05, 3.63) is 47.7 Å². The Morgan fingerprint density at radius 2 is 1.44 bits per heavy atom. The molecule has 0 fully saturated rings. The number of benzene rings is 1. The van der Waals surface area contributed by atoms with E-state index in [9.17, 15) is 40.3 Å². The van der Waals surface area contributed by atoms with Crippen LogP contribution in [0.4, 0.5) is 30.7 Å². The third-order valence-corrected chi connectivity index (χ3v) is 2.82. The van der Waals surface area contributed by atoms with Gasteiger partial charge in [-0.15, -0.1) is 0 Å². The van der Waals surface area contributed by atoms with E-state index < -0.39 is 35.4 Å². The Balaban J connectivity index is 2.81. The molecule has 2 N–H and O–H groups in total. The van der Waals surface area contributed by atoms with Crippen LogP contribution in [0.2, 0.25) is 0 Å². The minimum absolute atomic E-state index is 0.142. The van der Waals surface area contributed by atoms with Crippen LogP contribution in [0.15, 0.2) is 42.1 Å². The van der Waals surface area contributed by atoms with Gasteiger partial charge in [0.1, 0.15) is 0 Å². The molecular formula is C14H11F7N2O2. The van der Waals surface area contributed by atoms with Gasteiger partial charge in [-0.3, -0.25) is 15.0 Å². The largest absolute Gasteiger partial charge is 0.460 e. The molecule has 0 heterocycles. The predicted molar refractivity (Wildman–Crippen MR) is 71.8 cm³/mol. The van der Waals surface area contributed by atoms with Gasteiger partial charge in [0.05, 0.1) is 0 Å². The number of hydrogen-bond acceptors (Lipinski definition) is 3. The van der Waals surface area contributed by atoms with Crippen LogP contribution in [0.25, 0.3) is 0 Å². The van der Waals surface area contributed by atoms with Crippen LogP contribution in [0.5, 0.6) is 0 Å². The lowest BCUT2D eigenvalue weighted by atomic mass is 10.1. The molecule has 0 aliphatic carbocycles. The van der Waals surface area contributed by atoms with E-state index in [1.165, 1.54) is 24.3 Å². The summed E-state index contributed by atoms with van der Waals surface area (Å²) in [6, 6.07) is 7.41. The smallest absolute Gasteiger partial charge is 0.303 e. The maximum absolute atomic E-state index is 13.1. The van der Waals surface area contributed by atoms with Gasteiger partial charge in [0.15, 0.2) is 0 Å². The zero-order chi connectivity index (χ0) is 19.5. The van der Waals surface area contributed by atoms with Gasteiger partial charge in [-0.2, -0.15) is 30.7 Å². The lowest BCUT2D eigenvalue weighted by Gasteiger charge is -2.26. The summed E-state index contributed by atoms with van der Waals surface area (Å²) in [5, 5.41) is 0. The Bertz CT molecular complexity index is 670. The Hall–Kier alpha value is -2.59. The number of amides is 1. The first-order valence-electron chi connectivity index (χ1n) is 6.47. The number of alkyl halides is 7. The van der Waals surface area contributed by atoms with Crippen LogP contribution < -0.4 is 10.9 Å². The van der Waals surface area contributed by atoms with E-state index in [-0.39, 0.29) is 11.6 Å². The fraction of sp³-hybridized carbons (Fsp3) is 0.286. The van der Waals surface area contributed by atoms with E-state index in [1.807, 2.05) is 10.9 Å². The Morgan fingerprint density at radius 1 is 0.920 bits per heavy atom. The van der Waals surface area contributed by atoms with Gasteiger partial charge in [0, 0.05) is 17.3 Å². The van der Waals surface area contributed by atoms with E-state index >= 15 is 0 Å². The molecule has 0 aliphatic rings. The molecule has 0 atom stereocenters. The van der Waals surface area contributed by atoms with Crippen molar-refractivity contribution in [1.82, 2.24) is 10.9 Å². The molecular weight excluding hydrogens is 361 g/mol. The van der Waals surface area contributed by atoms with Gasteiger partial charge in [-0.05, 0) is 19.1 Å². The number of carbonyl (C=O) groups is 2. The maximum atomic E-state index is 13.1. The number of rotatable bonds is 6. The number of hydrogen-bond donors (Lipinski definition) is 2. The molecule has 0 unspecified atom stereocenters. The van der Waals surface area contributed by atoms with Gasteiger partial charge >= 0.3 is 18.0 Å². The molecule has 0 aromatic heterocycles. The number of ketones is 1. The van der Waals surface area contributed by atoms with Crippen molar-refractivity contribution in [2.75, 3.05) is 0 Å². The zero-order valence-electron chi connectivity index (χ0n) is 12.4. The average Bonchev–Trinajstić information content (AvgIpc) is 2.52. The van der Waals surface area contributed by atoms with E-state index in [1.54, 1.807) is 6.07 Å². The molecule has 0 saturated carbocycles. The van der Waals surface area contributed by atoms with Gasteiger partial charge in [-0.1, -0.05) is 18.2 Å². The predicted octanol–water partition coefficient (Wildman–Crippen LogP) is 3.23. The SMILES string of the molecule is CC(=CC(=O)C(F)(F)C(F)(F)C(F)(F)F)NNC(=O)c1ccccc1. The first kappa shape index (κ1) is 20.5. The fourth-order valence-corrected chi connectivity index (χ4v) is 1.47. The van der Waals surface area contributed by atoms with Crippen LogP contribution in [-0.2, 0) is 4.79 Å². The van der Waals surface area contributed by atoms with Crippen molar-refractivity contribution >= 4 is 11.7 Å². The standard InChI is InChI=1S/C14H11F7N2O2/c1-8(22-23-11(25)9-5-3-2-4-6-9)7-10(24)12(15,16)13(17,18)14(19,20)21/h2-7,22H,1H3,(H,23,25). The monoisotopic (exact) mass is 372 g/mol. The summed E-state index contributed by atoms with van der Waals surface area (Å²) >= 11 is 0. The zero-order valence-corrected chi connectivity index (χ0v) is 12.4. The number of hydrazine groups is 1. The highest BCUT2D eigenvalue weighted by Crippen LogP contribution is 2.47. The summed E-state index contributed by atoms with van der Waals surface area (Å²) in [6.45, 7) is 0.908. The van der Waals surface area contributed by atoms with Gasteiger partial charge in [-0.25, -0.2) is 0 Å².